The monoisotopic (exact) mass is 365 g/mol. The van der Waals surface area contributed by atoms with E-state index in [2.05, 4.69) is 9.97 Å². The minimum atomic E-state index is 0.365. The zero-order chi connectivity index (χ0) is 17.9. The van der Waals surface area contributed by atoms with Crippen molar-refractivity contribution in [3.63, 3.8) is 0 Å². The summed E-state index contributed by atoms with van der Waals surface area (Å²) in [6.07, 6.45) is 1.72. The second-order valence-corrected chi connectivity index (χ2v) is 6.14. The summed E-state index contributed by atoms with van der Waals surface area (Å²) in [4.78, 5) is 15.0. The van der Waals surface area contributed by atoms with Crippen LogP contribution in [0, 0.1) is 0 Å². The van der Waals surface area contributed by atoms with Crippen LogP contribution in [0.4, 0.5) is 0 Å². The number of halogens is 1. The van der Waals surface area contributed by atoms with Crippen LogP contribution in [0.2, 0.25) is 5.02 Å². The first-order valence-electron chi connectivity index (χ1n) is 8.10. The predicted molar refractivity (Wildman–Crippen MR) is 101 cm³/mol. The molecule has 4 aromatic rings. The summed E-state index contributed by atoms with van der Waals surface area (Å²) in [5.74, 6) is 1.47. The van der Waals surface area contributed by atoms with Crippen LogP contribution in [0.3, 0.4) is 0 Å². The molecular weight excluding hydrogens is 350 g/mol. The number of aromatic nitrogens is 3. The summed E-state index contributed by atoms with van der Waals surface area (Å²) in [6.45, 7) is 0.365. The van der Waals surface area contributed by atoms with E-state index >= 15 is 0 Å². The van der Waals surface area contributed by atoms with Crippen LogP contribution in [0.1, 0.15) is 5.56 Å². The van der Waals surface area contributed by atoms with Crippen molar-refractivity contribution in [3.05, 3.63) is 77.4 Å². The van der Waals surface area contributed by atoms with Crippen molar-refractivity contribution < 1.29 is 9.57 Å². The number of ether oxygens (including phenoxy) is 1. The maximum atomic E-state index is 6.07. The van der Waals surface area contributed by atoms with Gasteiger partial charge in [0.1, 0.15) is 17.9 Å². The number of rotatable bonds is 5. The molecule has 2 aromatic carbocycles. The number of pyridine rings is 1. The molecular formula is C20H16ClN3O2. The minimum absolute atomic E-state index is 0.365. The Labute approximate surface area is 155 Å². The first-order valence-corrected chi connectivity index (χ1v) is 8.48. The van der Waals surface area contributed by atoms with Crippen molar-refractivity contribution in [2.24, 2.45) is 0 Å². The van der Waals surface area contributed by atoms with Gasteiger partial charge in [-0.25, -0.2) is 9.97 Å². The molecule has 0 unspecified atom stereocenters. The van der Waals surface area contributed by atoms with Crippen LogP contribution in [-0.4, -0.2) is 21.8 Å². The van der Waals surface area contributed by atoms with Gasteiger partial charge >= 0.3 is 0 Å². The highest BCUT2D eigenvalue weighted by molar-refractivity contribution is 6.30. The molecule has 26 heavy (non-hydrogen) atoms. The van der Waals surface area contributed by atoms with Crippen LogP contribution in [-0.2, 0) is 6.61 Å². The van der Waals surface area contributed by atoms with Crippen LogP contribution in [0.25, 0.3) is 22.6 Å². The van der Waals surface area contributed by atoms with E-state index in [4.69, 9.17) is 21.2 Å². The van der Waals surface area contributed by atoms with Gasteiger partial charge in [0, 0.05) is 16.8 Å². The molecule has 6 heteroatoms. The third-order valence-corrected chi connectivity index (χ3v) is 4.22. The molecule has 0 saturated heterocycles. The van der Waals surface area contributed by atoms with E-state index < -0.39 is 0 Å². The molecule has 0 aliphatic rings. The largest absolute Gasteiger partial charge is 0.497 e. The predicted octanol–water partition coefficient (Wildman–Crippen LogP) is 4.39. The standard InChI is InChI=1S/C20H16ClN3O2/c1-25-17-9-7-15(8-10-17)20-23-19-18(6-3-11-22-19)24(20)26-13-14-4-2-5-16(21)12-14/h2-12H,13H2,1H3. The second kappa shape index (κ2) is 7.06. The molecule has 5 nitrogen and oxygen atoms in total. The van der Waals surface area contributed by atoms with Crippen molar-refractivity contribution in [1.29, 1.82) is 0 Å². The van der Waals surface area contributed by atoms with Crippen molar-refractivity contribution in [2.45, 2.75) is 6.61 Å². The summed E-state index contributed by atoms with van der Waals surface area (Å²) < 4.78 is 6.94. The number of benzene rings is 2. The molecule has 130 valence electrons. The third kappa shape index (κ3) is 3.21. The number of hydrogen-bond donors (Lipinski definition) is 0. The smallest absolute Gasteiger partial charge is 0.181 e. The molecule has 0 bridgehead atoms. The van der Waals surface area contributed by atoms with E-state index in [9.17, 15) is 0 Å². The van der Waals surface area contributed by atoms with E-state index in [1.54, 1.807) is 18.0 Å². The lowest BCUT2D eigenvalue weighted by Crippen LogP contribution is -2.12. The van der Waals surface area contributed by atoms with Crippen LogP contribution >= 0.6 is 11.6 Å². The average Bonchev–Trinajstić information content (AvgIpc) is 3.05. The van der Waals surface area contributed by atoms with Gasteiger partial charge in [0.25, 0.3) is 0 Å². The molecule has 0 saturated carbocycles. The Hall–Kier alpha value is -3.05. The Balaban J connectivity index is 1.73. The molecule has 4 rings (SSSR count). The molecule has 0 fully saturated rings. The van der Waals surface area contributed by atoms with Crippen LogP contribution < -0.4 is 9.57 Å². The first-order chi connectivity index (χ1) is 12.7. The van der Waals surface area contributed by atoms with Gasteiger partial charge in [-0.3, -0.25) is 0 Å². The van der Waals surface area contributed by atoms with Gasteiger partial charge in [-0.2, -0.15) is 4.73 Å². The molecule has 0 amide bonds. The number of hydrogen-bond acceptors (Lipinski definition) is 4. The minimum Gasteiger partial charge on any atom is -0.497 e. The Bertz CT molecular complexity index is 1040. The summed E-state index contributed by atoms with van der Waals surface area (Å²) >= 11 is 6.06. The zero-order valence-corrected chi connectivity index (χ0v) is 14.8. The summed E-state index contributed by atoms with van der Waals surface area (Å²) in [5, 5.41) is 0.679. The highest BCUT2D eigenvalue weighted by Gasteiger charge is 2.15. The zero-order valence-electron chi connectivity index (χ0n) is 14.1. The number of methoxy groups -OCH3 is 1. The molecule has 2 heterocycles. The topological polar surface area (TPSA) is 49.2 Å². The van der Waals surface area contributed by atoms with E-state index in [1.165, 1.54) is 0 Å². The van der Waals surface area contributed by atoms with Crippen LogP contribution in [0.15, 0.2) is 66.9 Å². The summed E-state index contributed by atoms with van der Waals surface area (Å²) in [6, 6.07) is 19.1. The highest BCUT2D eigenvalue weighted by atomic mass is 35.5. The summed E-state index contributed by atoms with van der Waals surface area (Å²) in [7, 11) is 1.64. The van der Waals surface area contributed by atoms with E-state index in [1.807, 2.05) is 60.7 Å². The first kappa shape index (κ1) is 16.4. The van der Waals surface area contributed by atoms with Crippen molar-refractivity contribution in [1.82, 2.24) is 14.7 Å². The Morgan fingerprint density at radius 2 is 1.88 bits per heavy atom. The van der Waals surface area contributed by atoms with E-state index in [-0.39, 0.29) is 0 Å². The fraction of sp³-hybridized carbons (Fsp3) is 0.100. The normalized spacial score (nSPS) is 10.8. The molecule has 2 aromatic heterocycles. The molecule has 0 radical (unpaired) electrons. The SMILES string of the molecule is COc1ccc(-c2nc3ncccc3n2OCc2cccc(Cl)c2)cc1. The highest BCUT2D eigenvalue weighted by Crippen LogP contribution is 2.25. The van der Waals surface area contributed by atoms with Gasteiger partial charge in [0.15, 0.2) is 11.5 Å². The van der Waals surface area contributed by atoms with Gasteiger partial charge in [0.05, 0.1) is 7.11 Å². The lowest BCUT2D eigenvalue weighted by Gasteiger charge is -2.11. The number of imidazole rings is 1. The van der Waals surface area contributed by atoms with Gasteiger partial charge < -0.3 is 9.57 Å². The van der Waals surface area contributed by atoms with Crippen LogP contribution in [0.5, 0.6) is 5.75 Å². The maximum absolute atomic E-state index is 6.07. The third-order valence-electron chi connectivity index (χ3n) is 3.99. The van der Waals surface area contributed by atoms with Crippen molar-refractivity contribution >= 4 is 22.8 Å². The second-order valence-electron chi connectivity index (χ2n) is 5.71. The van der Waals surface area contributed by atoms with Crippen molar-refractivity contribution in [2.75, 3.05) is 7.11 Å². The Kier molecular flexibility index (Phi) is 4.46. The van der Waals surface area contributed by atoms with Crippen molar-refractivity contribution in [3.8, 4) is 17.1 Å². The number of nitrogens with zero attached hydrogens (tertiary/aromatic N) is 3. The molecule has 0 aliphatic heterocycles. The average molecular weight is 366 g/mol. The Morgan fingerprint density at radius 3 is 2.65 bits per heavy atom. The summed E-state index contributed by atoms with van der Waals surface area (Å²) in [5.41, 5.74) is 3.32. The van der Waals surface area contributed by atoms with E-state index in [0.29, 0.717) is 23.1 Å². The Morgan fingerprint density at radius 1 is 1.04 bits per heavy atom. The fourth-order valence-electron chi connectivity index (χ4n) is 2.71. The van der Waals surface area contributed by atoms with Gasteiger partial charge in [-0.15, -0.1) is 0 Å². The van der Waals surface area contributed by atoms with E-state index in [0.717, 1.165) is 22.4 Å². The quantitative estimate of drug-likeness (QED) is 0.526. The van der Waals surface area contributed by atoms with Gasteiger partial charge in [-0.05, 0) is 54.1 Å². The number of fused-ring (bicyclic) bond motifs is 1. The fourth-order valence-corrected chi connectivity index (χ4v) is 2.92. The lowest BCUT2D eigenvalue weighted by molar-refractivity contribution is 0.110. The molecule has 0 atom stereocenters. The van der Waals surface area contributed by atoms with Gasteiger partial charge in [-0.1, -0.05) is 23.7 Å². The molecule has 0 spiro atoms. The molecule has 0 N–H and O–H groups in total. The lowest BCUT2D eigenvalue weighted by atomic mass is 10.2. The molecule has 0 aliphatic carbocycles. The van der Waals surface area contributed by atoms with Gasteiger partial charge in [0.2, 0.25) is 0 Å². The maximum Gasteiger partial charge on any atom is 0.181 e.